The maximum atomic E-state index is 6.06. The third kappa shape index (κ3) is 4.82. The van der Waals surface area contributed by atoms with E-state index in [1.54, 1.807) is 0 Å². The summed E-state index contributed by atoms with van der Waals surface area (Å²) in [4.78, 5) is 0. The Bertz CT molecular complexity index is 109. The van der Waals surface area contributed by atoms with Crippen molar-refractivity contribution in [3.8, 4) is 0 Å². The molecule has 13 heavy (non-hydrogen) atoms. The minimum Gasteiger partial charge on any atom is -0.417 e. The molecular weight excluding hydrogens is 176 g/mol. The fourth-order valence-electron chi connectivity index (χ4n) is 1.99. The van der Waals surface area contributed by atoms with Crippen LogP contribution in [0.25, 0.3) is 0 Å². The lowest BCUT2D eigenvalue weighted by molar-refractivity contribution is 0.317. The van der Waals surface area contributed by atoms with Crippen LogP contribution in [0, 0.1) is 0 Å². The van der Waals surface area contributed by atoms with Crippen molar-refractivity contribution in [3.05, 3.63) is 0 Å². The molecule has 0 saturated carbocycles. The van der Waals surface area contributed by atoms with Crippen LogP contribution in [-0.2, 0) is 4.43 Å². The molecule has 0 aliphatic carbocycles. The molecule has 0 aliphatic rings. The number of unbranched alkanes of at least 4 members (excludes halogenated alkanes) is 1. The van der Waals surface area contributed by atoms with Gasteiger partial charge in [0.25, 0.3) is 0 Å². The minimum atomic E-state index is -1.29. The maximum Gasteiger partial charge on any atom is 0.192 e. The largest absolute Gasteiger partial charge is 0.417 e. The van der Waals surface area contributed by atoms with Crippen molar-refractivity contribution in [1.29, 1.82) is 0 Å². The van der Waals surface area contributed by atoms with Gasteiger partial charge in [-0.2, -0.15) is 0 Å². The molecule has 80 valence electrons. The Morgan fingerprint density at radius 2 is 1.62 bits per heavy atom. The molecule has 0 rings (SSSR count). The maximum absolute atomic E-state index is 6.06. The van der Waals surface area contributed by atoms with Gasteiger partial charge in [0.2, 0.25) is 0 Å². The highest BCUT2D eigenvalue weighted by atomic mass is 28.4. The average Bonchev–Trinajstić information content (AvgIpc) is 2.15. The van der Waals surface area contributed by atoms with Crippen molar-refractivity contribution in [2.45, 2.75) is 65.1 Å². The highest BCUT2D eigenvalue weighted by Crippen LogP contribution is 2.26. The van der Waals surface area contributed by atoms with Crippen molar-refractivity contribution < 1.29 is 4.43 Å². The summed E-state index contributed by atoms with van der Waals surface area (Å²) in [6.07, 6.45) is 3.97. The molecule has 0 aromatic heterocycles. The van der Waals surface area contributed by atoms with Crippen LogP contribution in [0.15, 0.2) is 0 Å². The van der Waals surface area contributed by atoms with Crippen LogP contribution in [0.2, 0.25) is 18.1 Å². The first kappa shape index (κ1) is 13.2. The van der Waals surface area contributed by atoms with E-state index in [0.717, 1.165) is 6.61 Å². The lowest BCUT2D eigenvalue weighted by Crippen LogP contribution is -2.37. The van der Waals surface area contributed by atoms with Crippen molar-refractivity contribution >= 4 is 8.32 Å². The van der Waals surface area contributed by atoms with Crippen molar-refractivity contribution in [3.63, 3.8) is 0 Å². The van der Waals surface area contributed by atoms with Crippen LogP contribution in [0.5, 0.6) is 0 Å². The van der Waals surface area contributed by atoms with Gasteiger partial charge >= 0.3 is 0 Å². The van der Waals surface area contributed by atoms with E-state index < -0.39 is 8.32 Å². The monoisotopic (exact) mass is 202 g/mol. The fourth-order valence-corrected chi connectivity index (χ4v) is 5.96. The molecule has 0 N–H and O–H groups in total. The second-order valence-electron chi connectivity index (χ2n) is 3.82. The van der Waals surface area contributed by atoms with E-state index in [2.05, 4.69) is 27.7 Å². The van der Waals surface area contributed by atoms with Gasteiger partial charge in [0.15, 0.2) is 8.32 Å². The summed E-state index contributed by atoms with van der Waals surface area (Å²) >= 11 is 0. The SMILES string of the molecule is CCCC[Si](CC)(CCC)OCC. The highest BCUT2D eigenvalue weighted by Gasteiger charge is 2.30. The quantitative estimate of drug-likeness (QED) is 0.536. The van der Waals surface area contributed by atoms with Gasteiger partial charge in [0.05, 0.1) is 0 Å². The zero-order valence-corrected chi connectivity index (χ0v) is 10.9. The molecule has 0 fully saturated rings. The molecule has 0 radical (unpaired) electrons. The van der Waals surface area contributed by atoms with Crippen LogP contribution < -0.4 is 0 Å². The molecular formula is C11H26OSi. The molecule has 0 aromatic rings. The van der Waals surface area contributed by atoms with Crippen LogP contribution in [0.4, 0.5) is 0 Å². The summed E-state index contributed by atoms with van der Waals surface area (Å²) in [6.45, 7) is 9.92. The lowest BCUT2D eigenvalue weighted by Gasteiger charge is -2.29. The van der Waals surface area contributed by atoms with Crippen LogP contribution in [0.3, 0.4) is 0 Å². The van der Waals surface area contributed by atoms with Gasteiger partial charge in [-0.3, -0.25) is 0 Å². The van der Waals surface area contributed by atoms with E-state index in [0.29, 0.717) is 0 Å². The number of hydrogen-bond acceptors (Lipinski definition) is 1. The molecule has 0 aromatic carbocycles. The Balaban J connectivity index is 4.07. The van der Waals surface area contributed by atoms with Gasteiger partial charge in [-0.25, -0.2) is 0 Å². The summed E-state index contributed by atoms with van der Waals surface area (Å²) in [7, 11) is -1.29. The van der Waals surface area contributed by atoms with E-state index >= 15 is 0 Å². The lowest BCUT2D eigenvalue weighted by atomic mass is 10.4. The number of hydrogen-bond donors (Lipinski definition) is 0. The Labute approximate surface area is 85.0 Å². The third-order valence-electron chi connectivity index (χ3n) is 2.79. The predicted molar refractivity (Wildman–Crippen MR) is 62.7 cm³/mol. The highest BCUT2D eigenvalue weighted by molar-refractivity contribution is 6.73. The second-order valence-corrected chi connectivity index (χ2v) is 8.18. The van der Waals surface area contributed by atoms with E-state index in [9.17, 15) is 0 Å². The van der Waals surface area contributed by atoms with E-state index in [-0.39, 0.29) is 0 Å². The average molecular weight is 202 g/mol. The summed E-state index contributed by atoms with van der Waals surface area (Å²) in [5.74, 6) is 0. The Morgan fingerprint density at radius 3 is 2.00 bits per heavy atom. The van der Waals surface area contributed by atoms with Crippen molar-refractivity contribution in [2.24, 2.45) is 0 Å². The molecule has 0 bridgehead atoms. The predicted octanol–water partition coefficient (Wildman–Crippen LogP) is 4.20. The van der Waals surface area contributed by atoms with Gasteiger partial charge in [-0.1, -0.05) is 40.0 Å². The standard InChI is InChI=1S/C11H26OSi/c1-5-9-11-13(8-4,10-6-2)12-7-3/h5-11H2,1-4H3. The van der Waals surface area contributed by atoms with E-state index in [4.69, 9.17) is 4.43 Å². The number of rotatable bonds is 8. The van der Waals surface area contributed by atoms with Gasteiger partial charge < -0.3 is 4.43 Å². The van der Waals surface area contributed by atoms with Gasteiger partial charge in [0, 0.05) is 6.61 Å². The Morgan fingerprint density at radius 1 is 0.923 bits per heavy atom. The topological polar surface area (TPSA) is 9.23 Å². The Hall–Kier alpha value is 0.177. The van der Waals surface area contributed by atoms with Gasteiger partial charge in [-0.05, 0) is 25.1 Å². The molecule has 0 heterocycles. The van der Waals surface area contributed by atoms with Crippen LogP contribution in [-0.4, -0.2) is 14.9 Å². The smallest absolute Gasteiger partial charge is 0.192 e. The van der Waals surface area contributed by atoms with Crippen molar-refractivity contribution in [2.75, 3.05) is 6.61 Å². The summed E-state index contributed by atoms with van der Waals surface area (Å²) in [5, 5.41) is 0. The first-order valence-electron chi connectivity index (χ1n) is 5.88. The minimum absolute atomic E-state index is 0.920. The Kier molecular flexibility index (Phi) is 7.67. The zero-order valence-electron chi connectivity index (χ0n) is 9.86. The summed E-state index contributed by atoms with van der Waals surface area (Å²) in [5.41, 5.74) is 0. The van der Waals surface area contributed by atoms with Crippen LogP contribution in [0.1, 0.15) is 47.0 Å². The third-order valence-corrected chi connectivity index (χ3v) is 7.65. The van der Waals surface area contributed by atoms with Gasteiger partial charge in [0.1, 0.15) is 0 Å². The molecule has 0 amide bonds. The first-order valence-corrected chi connectivity index (χ1v) is 8.41. The molecule has 0 saturated heterocycles. The van der Waals surface area contributed by atoms with E-state index in [1.165, 1.54) is 37.4 Å². The summed E-state index contributed by atoms with van der Waals surface area (Å²) in [6, 6.07) is 4.04. The fraction of sp³-hybridized carbons (Fsp3) is 1.00. The summed E-state index contributed by atoms with van der Waals surface area (Å²) < 4.78 is 6.06. The van der Waals surface area contributed by atoms with E-state index in [1.807, 2.05) is 0 Å². The van der Waals surface area contributed by atoms with Gasteiger partial charge in [-0.15, -0.1) is 0 Å². The zero-order chi connectivity index (χ0) is 10.2. The van der Waals surface area contributed by atoms with Crippen LogP contribution >= 0.6 is 0 Å². The van der Waals surface area contributed by atoms with Crippen molar-refractivity contribution in [1.82, 2.24) is 0 Å². The first-order chi connectivity index (χ1) is 6.24. The molecule has 0 aliphatic heterocycles. The second kappa shape index (κ2) is 7.57. The molecule has 1 atom stereocenters. The molecule has 0 spiro atoms. The molecule has 2 heteroatoms. The molecule has 1 unspecified atom stereocenters. The molecule has 1 nitrogen and oxygen atoms in total. The normalized spacial score (nSPS) is 15.7.